The van der Waals surface area contributed by atoms with Crippen LogP contribution in [0.1, 0.15) is 54.4 Å². The first kappa shape index (κ1) is 20.6. The molecule has 0 bridgehead atoms. The van der Waals surface area contributed by atoms with Crippen LogP contribution in [0.4, 0.5) is 0 Å². The van der Waals surface area contributed by atoms with Crippen molar-refractivity contribution in [3.05, 3.63) is 70.8 Å². The summed E-state index contributed by atoms with van der Waals surface area (Å²) in [4.78, 5) is 0. The summed E-state index contributed by atoms with van der Waals surface area (Å²) in [6, 6.07) is 17.8. The molecule has 0 unspecified atom stereocenters. The molecular weight excluding hydrogens is 393 g/mol. The molecule has 0 radical (unpaired) electrons. The molecule has 1 aliphatic carbocycles. The van der Waals surface area contributed by atoms with Crippen LogP contribution in [0.2, 0.25) is 0 Å². The van der Waals surface area contributed by atoms with E-state index in [9.17, 15) is 0 Å². The van der Waals surface area contributed by atoms with Gasteiger partial charge in [-0.2, -0.15) is 25.3 Å². The van der Waals surface area contributed by atoms with Gasteiger partial charge in [0.2, 0.25) is 0 Å². The highest BCUT2D eigenvalue weighted by Gasteiger charge is 2.33. The van der Waals surface area contributed by atoms with Gasteiger partial charge in [0, 0.05) is 23.0 Å². The minimum absolute atomic E-state index is 0.367. The number of thiol groups is 2. The summed E-state index contributed by atoms with van der Waals surface area (Å²) < 4.78 is 0.367. The zero-order valence-electron chi connectivity index (χ0n) is 15.2. The van der Waals surface area contributed by atoms with Crippen LogP contribution in [0.25, 0.3) is 0 Å². The SMILES string of the molecule is SCc1cccc(CSC2(SCc3cccc(CS)c3)CCCCC2)c1. The first-order valence-electron chi connectivity index (χ1n) is 9.38. The Balaban J connectivity index is 1.65. The predicted octanol–water partition coefficient (Wildman–Crippen LogP) is 7.37. The van der Waals surface area contributed by atoms with Gasteiger partial charge in [-0.25, -0.2) is 0 Å². The minimum Gasteiger partial charge on any atom is -0.175 e. The van der Waals surface area contributed by atoms with E-state index in [-0.39, 0.29) is 0 Å². The predicted molar refractivity (Wildman–Crippen MR) is 127 cm³/mol. The van der Waals surface area contributed by atoms with Gasteiger partial charge >= 0.3 is 0 Å². The fourth-order valence-electron chi connectivity index (χ4n) is 3.49. The zero-order chi connectivity index (χ0) is 18.2. The van der Waals surface area contributed by atoms with Gasteiger partial charge in [-0.3, -0.25) is 0 Å². The van der Waals surface area contributed by atoms with E-state index in [2.05, 4.69) is 97.3 Å². The smallest absolute Gasteiger partial charge is 0.0617 e. The maximum atomic E-state index is 4.42. The van der Waals surface area contributed by atoms with Gasteiger partial charge in [-0.15, -0.1) is 23.5 Å². The van der Waals surface area contributed by atoms with E-state index in [0.29, 0.717) is 4.08 Å². The van der Waals surface area contributed by atoms with Crippen LogP contribution in [-0.4, -0.2) is 4.08 Å². The molecule has 0 heterocycles. The third-order valence-electron chi connectivity index (χ3n) is 4.97. The van der Waals surface area contributed by atoms with Gasteiger partial charge in [-0.05, 0) is 35.1 Å². The van der Waals surface area contributed by atoms with Gasteiger partial charge in [0.25, 0.3) is 0 Å². The Labute approximate surface area is 178 Å². The van der Waals surface area contributed by atoms with Crippen LogP contribution in [0, 0.1) is 0 Å². The van der Waals surface area contributed by atoms with Crippen molar-refractivity contribution in [3.8, 4) is 0 Å². The van der Waals surface area contributed by atoms with Crippen LogP contribution in [0.5, 0.6) is 0 Å². The van der Waals surface area contributed by atoms with Crippen molar-refractivity contribution >= 4 is 48.8 Å². The monoisotopic (exact) mass is 420 g/mol. The summed E-state index contributed by atoms with van der Waals surface area (Å²) in [7, 11) is 0. The first-order chi connectivity index (χ1) is 12.7. The fourth-order valence-corrected chi connectivity index (χ4v) is 6.94. The van der Waals surface area contributed by atoms with Crippen LogP contribution in [0.3, 0.4) is 0 Å². The van der Waals surface area contributed by atoms with Crippen molar-refractivity contribution in [1.29, 1.82) is 0 Å². The first-order valence-corrected chi connectivity index (χ1v) is 12.6. The van der Waals surface area contributed by atoms with Gasteiger partial charge in [0.05, 0.1) is 4.08 Å². The Bertz CT molecular complexity index is 639. The van der Waals surface area contributed by atoms with Crippen molar-refractivity contribution < 1.29 is 0 Å². The highest BCUT2D eigenvalue weighted by atomic mass is 32.2. The molecule has 0 saturated heterocycles. The topological polar surface area (TPSA) is 0 Å². The normalized spacial score (nSPS) is 16.5. The lowest BCUT2D eigenvalue weighted by Gasteiger charge is -2.36. The summed E-state index contributed by atoms with van der Waals surface area (Å²) in [5, 5.41) is 0. The van der Waals surface area contributed by atoms with Crippen molar-refractivity contribution in [2.75, 3.05) is 0 Å². The lowest BCUT2D eigenvalue weighted by Crippen LogP contribution is -2.24. The van der Waals surface area contributed by atoms with E-state index in [4.69, 9.17) is 0 Å². The lowest BCUT2D eigenvalue weighted by atomic mass is 10.00. The molecule has 140 valence electrons. The van der Waals surface area contributed by atoms with E-state index < -0.39 is 0 Å². The van der Waals surface area contributed by atoms with Gasteiger partial charge in [0.1, 0.15) is 0 Å². The largest absolute Gasteiger partial charge is 0.175 e. The zero-order valence-corrected chi connectivity index (χ0v) is 18.6. The van der Waals surface area contributed by atoms with Gasteiger partial charge < -0.3 is 0 Å². The van der Waals surface area contributed by atoms with E-state index in [1.165, 1.54) is 54.4 Å². The molecule has 1 aliphatic rings. The molecule has 0 atom stereocenters. The van der Waals surface area contributed by atoms with Crippen molar-refractivity contribution in [1.82, 2.24) is 0 Å². The van der Waals surface area contributed by atoms with E-state index in [0.717, 1.165) is 23.0 Å². The lowest BCUT2D eigenvalue weighted by molar-refractivity contribution is 0.490. The number of thioether (sulfide) groups is 2. The molecule has 2 aromatic rings. The van der Waals surface area contributed by atoms with Crippen LogP contribution < -0.4 is 0 Å². The number of hydrogen-bond acceptors (Lipinski definition) is 4. The molecule has 0 amide bonds. The summed E-state index contributed by atoms with van der Waals surface area (Å²) in [5.41, 5.74) is 5.51. The Kier molecular flexibility index (Phi) is 8.23. The summed E-state index contributed by atoms with van der Waals surface area (Å²) in [6.45, 7) is 0. The van der Waals surface area contributed by atoms with E-state index in [1.807, 2.05) is 0 Å². The minimum atomic E-state index is 0.367. The van der Waals surface area contributed by atoms with Crippen LogP contribution in [0.15, 0.2) is 48.5 Å². The molecule has 4 heteroatoms. The molecule has 3 rings (SSSR count). The Morgan fingerprint density at radius 3 is 1.62 bits per heavy atom. The second-order valence-electron chi connectivity index (χ2n) is 7.00. The number of benzene rings is 2. The summed E-state index contributed by atoms with van der Waals surface area (Å²) in [6.07, 6.45) is 6.80. The second-order valence-corrected chi connectivity index (χ2v) is 10.6. The average molecular weight is 421 g/mol. The Hall–Kier alpha value is -0.160. The maximum Gasteiger partial charge on any atom is 0.0617 e. The molecule has 0 aliphatic heterocycles. The molecule has 26 heavy (non-hydrogen) atoms. The molecule has 1 fully saturated rings. The number of rotatable bonds is 8. The average Bonchev–Trinajstić information content (AvgIpc) is 2.72. The van der Waals surface area contributed by atoms with E-state index >= 15 is 0 Å². The van der Waals surface area contributed by atoms with Crippen LogP contribution >= 0.6 is 48.8 Å². The Morgan fingerprint density at radius 2 is 1.15 bits per heavy atom. The van der Waals surface area contributed by atoms with Crippen LogP contribution in [-0.2, 0) is 23.0 Å². The van der Waals surface area contributed by atoms with Gasteiger partial charge in [0.15, 0.2) is 0 Å². The second kappa shape index (κ2) is 10.4. The van der Waals surface area contributed by atoms with E-state index in [1.54, 1.807) is 0 Å². The highest BCUT2D eigenvalue weighted by Crippen LogP contribution is 2.50. The van der Waals surface area contributed by atoms with Crippen molar-refractivity contribution in [2.24, 2.45) is 0 Å². The Morgan fingerprint density at radius 1 is 0.692 bits per heavy atom. The number of hydrogen-bond donors (Lipinski definition) is 2. The highest BCUT2D eigenvalue weighted by molar-refractivity contribution is 8.17. The molecule has 0 spiro atoms. The standard InChI is InChI=1S/C22H28S4/c23-14-18-6-4-8-20(12-18)16-25-22(10-2-1-3-11-22)26-17-21-9-5-7-19(13-21)15-24/h4-9,12-13,23-24H,1-3,10-11,14-17H2. The third-order valence-corrected chi connectivity index (χ3v) is 9.23. The van der Waals surface area contributed by atoms with Crippen molar-refractivity contribution in [2.45, 2.75) is 59.2 Å². The molecule has 1 saturated carbocycles. The van der Waals surface area contributed by atoms with Gasteiger partial charge in [-0.1, -0.05) is 67.8 Å². The fraction of sp³-hybridized carbons (Fsp3) is 0.455. The summed E-state index contributed by atoms with van der Waals surface area (Å²) in [5.74, 6) is 3.84. The molecular formula is C22H28S4. The quantitative estimate of drug-likeness (QED) is 0.338. The van der Waals surface area contributed by atoms with Crippen molar-refractivity contribution in [3.63, 3.8) is 0 Å². The summed E-state index contributed by atoms with van der Waals surface area (Å²) >= 11 is 13.2. The molecule has 0 aromatic heterocycles. The molecule has 0 N–H and O–H groups in total. The maximum absolute atomic E-state index is 4.42. The third kappa shape index (κ3) is 5.92. The molecule has 0 nitrogen and oxygen atoms in total. The molecule has 2 aromatic carbocycles.